The molecule has 2 aromatic rings. The highest BCUT2D eigenvalue weighted by Crippen LogP contribution is 2.44. The SMILES string of the molecule is CC1(C)Nc2nc(c(N)cc2C(F)(F)F)-c2nnc(o2)[C@@](O)(C(F)(F)F)CCCCC1O. The molecule has 2 atom stereocenters. The summed E-state index contributed by atoms with van der Waals surface area (Å²) in [6, 6.07) is 0.527. The number of pyridine rings is 1. The van der Waals surface area contributed by atoms with Crippen LogP contribution < -0.4 is 11.1 Å². The number of aliphatic hydroxyl groups is 2. The van der Waals surface area contributed by atoms with E-state index in [1.165, 1.54) is 13.8 Å². The maximum atomic E-state index is 13.6. The Hall–Kier alpha value is -2.61. The minimum Gasteiger partial charge on any atom is -0.416 e. The summed E-state index contributed by atoms with van der Waals surface area (Å²) in [6.45, 7) is 2.83. The van der Waals surface area contributed by atoms with E-state index in [1.807, 2.05) is 0 Å². The van der Waals surface area contributed by atoms with Crippen molar-refractivity contribution in [1.82, 2.24) is 15.2 Å². The second kappa shape index (κ2) is 7.76. The van der Waals surface area contributed by atoms with Gasteiger partial charge in [-0.15, -0.1) is 10.2 Å². The molecular formula is C18H21F6N5O3. The molecule has 4 bridgehead atoms. The van der Waals surface area contributed by atoms with Crippen LogP contribution in [0.1, 0.15) is 51.0 Å². The Balaban J connectivity index is 2.23. The van der Waals surface area contributed by atoms with Crippen LogP contribution in [0.4, 0.5) is 37.8 Å². The van der Waals surface area contributed by atoms with Crippen molar-refractivity contribution in [3.05, 3.63) is 17.5 Å². The summed E-state index contributed by atoms with van der Waals surface area (Å²) >= 11 is 0. The van der Waals surface area contributed by atoms with Gasteiger partial charge in [0, 0.05) is 0 Å². The number of aliphatic hydroxyl groups excluding tert-OH is 1. The van der Waals surface area contributed by atoms with E-state index in [9.17, 15) is 36.6 Å². The Labute approximate surface area is 177 Å². The van der Waals surface area contributed by atoms with E-state index in [-0.39, 0.29) is 19.3 Å². The average molecular weight is 469 g/mol. The van der Waals surface area contributed by atoms with E-state index in [2.05, 4.69) is 20.5 Å². The van der Waals surface area contributed by atoms with E-state index in [0.29, 0.717) is 6.07 Å². The number of rotatable bonds is 0. The molecule has 0 aromatic carbocycles. The summed E-state index contributed by atoms with van der Waals surface area (Å²) in [6.07, 6.45) is -12.4. The third-order valence-corrected chi connectivity index (χ3v) is 5.35. The van der Waals surface area contributed by atoms with E-state index < -0.39 is 70.6 Å². The largest absolute Gasteiger partial charge is 0.426 e. The maximum absolute atomic E-state index is 13.6. The van der Waals surface area contributed by atoms with Gasteiger partial charge in [-0.25, -0.2) is 4.98 Å². The fourth-order valence-corrected chi connectivity index (χ4v) is 3.34. The van der Waals surface area contributed by atoms with Gasteiger partial charge in [-0.1, -0.05) is 6.42 Å². The number of anilines is 2. The van der Waals surface area contributed by atoms with Crippen LogP contribution in [0.15, 0.2) is 10.5 Å². The smallest absolute Gasteiger partial charge is 0.416 e. The highest BCUT2D eigenvalue weighted by molar-refractivity contribution is 5.71. The van der Waals surface area contributed by atoms with Crippen molar-refractivity contribution in [2.24, 2.45) is 0 Å². The van der Waals surface area contributed by atoms with Crippen LogP contribution in [0.3, 0.4) is 0 Å². The second-order valence-corrected chi connectivity index (χ2v) is 8.20. The van der Waals surface area contributed by atoms with Crippen molar-refractivity contribution < 1.29 is 41.0 Å². The predicted molar refractivity (Wildman–Crippen MR) is 99.1 cm³/mol. The molecule has 178 valence electrons. The second-order valence-electron chi connectivity index (χ2n) is 8.20. The average Bonchev–Trinajstić information content (AvgIpc) is 3.13. The van der Waals surface area contributed by atoms with Crippen molar-refractivity contribution >= 4 is 11.5 Å². The Morgan fingerprint density at radius 2 is 1.81 bits per heavy atom. The van der Waals surface area contributed by atoms with Crippen LogP contribution in [0, 0.1) is 0 Å². The third-order valence-electron chi connectivity index (χ3n) is 5.35. The maximum Gasteiger partial charge on any atom is 0.426 e. The number of hydrogen-bond acceptors (Lipinski definition) is 8. The molecular weight excluding hydrogens is 448 g/mol. The fourth-order valence-electron chi connectivity index (χ4n) is 3.34. The zero-order valence-corrected chi connectivity index (χ0v) is 17.0. The van der Waals surface area contributed by atoms with Crippen molar-refractivity contribution in [1.29, 1.82) is 0 Å². The topological polar surface area (TPSA) is 130 Å². The van der Waals surface area contributed by atoms with Gasteiger partial charge >= 0.3 is 12.4 Å². The fraction of sp³-hybridized carbons (Fsp3) is 0.611. The van der Waals surface area contributed by atoms with Crippen molar-refractivity contribution in [3.8, 4) is 11.6 Å². The lowest BCUT2D eigenvalue weighted by molar-refractivity contribution is -0.277. The molecule has 3 rings (SSSR count). The van der Waals surface area contributed by atoms with Gasteiger partial charge in [-0.05, 0) is 39.2 Å². The molecule has 1 unspecified atom stereocenters. The highest BCUT2D eigenvalue weighted by atomic mass is 19.4. The van der Waals surface area contributed by atoms with Crippen LogP contribution in [-0.4, -0.2) is 43.2 Å². The van der Waals surface area contributed by atoms with Crippen molar-refractivity contribution in [2.75, 3.05) is 11.1 Å². The molecule has 32 heavy (non-hydrogen) atoms. The van der Waals surface area contributed by atoms with Crippen LogP contribution in [0.5, 0.6) is 0 Å². The first-order valence-corrected chi connectivity index (χ1v) is 9.53. The van der Waals surface area contributed by atoms with Gasteiger partial charge in [0.05, 0.1) is 22.9 Å². The molecule has 0 fully saturated rings. The highest BCUT2D eigenvalue weighted by Gasteiger charge is 2.58. The lowest BCUT2D eigenvalue weighted by Crippen LogP contribution is -2.45. The molecule has 2 aromatic heterocycles. The summed E-state index contributed by atoms with van der Waals surface area (Å²) in [4.78, 5) is 3.79. The number of nitrogens with zero attached hydrogens (tertiary/aromatic N) is 3. The number of hydrogen-bond donors (Lipinski definition) is 4. The minimum atomic E-state index is -5.18. The van der Waals surface area contributed by atoms with Crippen LogP contribution in [0.2, 0.25) is 0 Å². The molecule has 1 aliphatic heterocycles. The van der Waals surface area contributed by atoms with Gasteiger partial charge in [-0.3, -0.25) is 0 Å². The molecule has 0 saturated carbocycles. The normalized spacial score (nSPS) is 24.5. The van der Waals surface area contributed by atoms with Crippen LogP contribution >= 0.6 is 0 Å². The van der Waals surface area contributed by atoms with Gasteiger partial charge in [-0.2, -0.15) is 26.3 Å². The van der Waals surface area contributed by atoms with Gasteiger partial charge < -0.3 is 25.7 Å². The van der Waals surface area contributed by atoms with Crippen LogP contribution in [-0.2, 0) is 11.8 Å². The number of nitrogen functional groups attached to an aromatic ring is 1. The summed E-state index contributed by atoms with van der Waals surface area (Å²) in [7, 11) is 0. The van der Waals surface area contributed by atoms with E-state index in [0.717, 1.165) is 0 Å². The van der Waals surface area contributed by atoms with Gasteiger partial charge in [0.25, 0.3) is 11.8 Å². The Kier molecular flexibility index (Phi) is 5.83. The van der Waals surface area contributed by atoms with Gasteiger partial charge in [0.15, 0.2) is 5.69 Å². The molecule has 8 nitrogen and oxygen atoms in total. The number of nitrogens with two attached hydrogens (primary N) is 1. The Morgan fingerprint density at radius 3 is 2.41 bits per heavy atom. The third kappa shape index (κ3) is 4.33. The molecule has 5 N–H and O–H groups in total. The summed E-state index contributed by atoms with van der Waals surface area (Å²) < 4.78 is 86.7. The van der Waals surface area contributed by atoms with E-state index in [1.54, 1.807) is 0 Å². The quantitative estimate of drug-likeness (QED) is 0.431. The monoisotopic (exact) mass is 469 g/mol. The molecule has 0 radical (unpaired) electrons. The zero-order chi connectivity index (χ0) is 24.1. The summed E-state index contributed by atoms with van der Waals surface area (Å²) in [5.41, 5.74) is -1.53. The van der Waals surface area contributed by atoms with Crippen LogP contribution in [0.25, 0.3) is 11.6 Å². The Morgan fingerprint density at radius 1 is 1.16 bits per heavy atom. The first-order valence-electron chi connectivity index (χ1n) is 9.53. The first-order chi connectivity index (χ1) is 14.6. The molecule has 0 spiro atoms. The molecule has 0 aliphatic carbocycles. The number of nitrogens with one attached hydrogen (secondary N) is 1. The van der Waals surface area contributed by atoms with Gasteiger partial charge in [0.1, 0.15) is 5.82 Å². The molecule has 0 amide bonds. The number of halogens is 6. The summed E-state index contributed by atoms with van der Waals surface area (Å²) in [5, 5.41) is 30.0. The number of alkyl halides is 6. The lowest BCUT2D eigenvalue weighted by Gasteiger charge is -2.34. The summed E-state index contributed by atoms with van der Waals surface area (Å²) in [5.74, 6) is -2.62. The number of aromatic nitrogens is 3. The molecule has 1 aliphatic rings. The van der Waals surface area contributed by atoms with E-state index in [4.69, 9.17) is 10.2 Å². The zero-order valence-electron chi connectivity index (χ0n) is 17.0. The standard InChI is InChI=1S/C18H21F6N5O3/c1-15(2)10(30)5-3-4-6-16(31,18(22,23)24)14-29-28-13(32-14)11-9(25)7-8(17(19,20)21)12(26-11)27-15/h7,10,30-31H,3-6,25H2,1-2H3,(H,26,27)/t10?,16-/m1/s1. The minimum absolute atomic E-state index is 0.0260. The molecule has 0 saturated heterocycles. The van der Waals surface area contributed by atoms with Gasteiger partial charge in [0.2, 0.25) is 5.60 Å². The van der Waals surface area contributed by atoms with Crippen molar-refractivity contribution in [3.63, 3.8) is 0 Å². The predicted octanol–water partition coefficient (Wildman–Crippen LogP) is 3.61. The van der Waals surface area contributed by atoms with E-state index >= 15 is 0 Å². The molecule has 14 heteroatoms. The first kappa shape index (κ1) is 24.0. The Bertz CT molecular complexity index is 990. The lowest BCUT2D eigenvalue weighted by atomic mass is 9.90. The number of fused-ring (bicyclic) bond motifs is 5. The molecule has 3 heterocycles. The van der Waals surface area contributed by atoms with Crippen molar-refractivity contribution in [2.45, 2.75) is 69.1 Å².